The fraction of sp³-hybridized carbons (Fsp3) is 0. The van der Waals surface area contributed by atoms with E-state index in [2.05, 4.69) is 203 Å². The highest BCUT2D eigenvalue weighted by molar-refractivity contribution is 6.10. The molecule has 0 bridgehead atoms. The van der Waals surface area contributed by atoms with E-state index < -0.39 is 0 Å². The van der Waals surface area contributed by atoms with Crippen LogP contribution in [0.25, 0.3) is 100 Å². The first kappa shape index (κ1) is 31.9. The van der Waals surface area contributed by atoms with Crippen molar-refractivity contribution in [3.05, 3.63) is 200 Å². The number of para-hydroxylation sites is 4. The summed E-state index contributed by atoms with van der Waals surface area (Å²) in [6, 6.07) is 70.4. The van der Waals surface area contributed by atoms with Crippen molar-refractivity contribution in [2.24, 2.45) is 0 Å². The van der Waals surface area contributed by atoms with E-state index in [4.69, 9.17) is 15.0 Å². The molecule has 11 rings (SSSR count). The molecule has 0 radical (unpaired) electrons. The van der Waals surface area contributed by atoms with Crippen molar-refractivity contribution in [1.82, 2.24) is 24.1 Å². The zero-order valence-corrected chi connectivity index (χ0v) is 30.3. The van der Waals surface area contributed by atoms with Gasteiger partial charge in [0.15, 0.2) is 5.82 Å². The van der Waals surface area contributed by atoms with Crippen LogP contribution in [0.1, 0.15) is 0 Å². The van der Waals surface area contributed by atoms with Crippen LogP contribution in [-0.2, 0) is 0 Å². The third-order valence-corrected chi connectivity index (χ3v) is 10.8. The van der Waals surface area contributed by atoms with Crippen LogP contribution in [0.15, 0.2) is 200 Å². The Balaban J connectivity index is 1.05. The smallest absolute Gasteiger partial charge is 0.240 e. The maximum Gasteiger partial charge on any atom is 0.240 e. The largest absolute Gasteiger partial charge is 0.278 e. The SMILES string of the molecule is c1ccc(-c2ccc(-c3ccc(-c4cccc(-c5nc(-n6c7ccccc7c7ccccc76)nc(-n6c7ccccc7c7ccccc76)n5)c4)cc3)cc2)cc1. The lowest BCUT2D eigenvalue weighted by Gasteiger charge is -2.13. The molecule has 0 unspecified atom stereocenters. The summed E-state index contributed by atoms with van der Waals surface area (Å²) in [5, 5.41) is 4.62. The van der Waals surface area contributed by atoms with Gasteiger partial charge in [-0.1, -0.05) is 170 Å². The van der Waals surface area contributed by atoms with Gasteiger partial charge >= 0.3 is 0 Å². The van der Waals surface area contributed by atoms with E-state index in [0.717, 1.165) is 60.3 Å². The molecule has 56 heavy (non-hydrogen) atoms. The van der Waals surface area contributed by atoms with Crippen LogP contribution in [0.2, 0.25) is 0 Å². The molecule has 0 spiro atoms. The fourth-order valence-corrected chi connectivity index (χ4v) is 8.14. The van der Waals surface area contributed by atoms with Crippen molar-refractivity contribution in [2.45, 2.75) is 0 Å². The van der Waals surface area contributed by atoms with Crippen LogP contribution < -0.4 is 0 Å². The van der Waals surface area contributed by atoms with Crippen LogP contribution in [0.3, 0.4) is 0 Å². The van der Waals surface area contributed by atoms with Crippen LogP contribution >= 0.6 is 0 Å². The van der Waals surface area contributed by atoms with E-state index in [9.17, 15) is 0 Å². The highest BCUT2D eigenvalue weighted by Gasteiger charge is 2.20. The molecule has 0 saturated carbocycles. The number of nitrogens with zero attached hydrogens (tertiary/aromatic N) is 5. The second kappa shape index (κ2) is 13.0. The Kier molecular flexibility index (Phi) is 7.42. The summed E-state index contributed by atoms with van der Waals surface area (Å²) in [7, 11) is 0. The lowest BCUT2D eigenvalue weighted by atomic mass is 9.97. The van der Waals surface area contributed by atoms with Crippen LogP contribution in [0, 0.1) is 0 Å². The van der Waals surface area contributed by atoms with Crippen molar-refractivity contribution in [3.63, 3.8) is 0 Å². The Morgan fingerprint density at radius 1 is 0.250 bits per heavy atom. The van der Waals surface area contributed by atoms with Gasteiger partial charge in [0.1, 0.15) is 0 Å². The first-order valence-corrected chi connectivity index (χ1v) is 18.9. The molecule has 0 saturated heterocycles. The second-order valence-electron chi connectivity index (χ2n) is 14.1. The number of benzene rings is 8. The van der Waals surface area contributed by atoms with Gasteiger partial charge in [0.05, 0.1) is 22.1 Å². The number of hydrogen-bond acceptors (Lipinski definition) is 3. The molecule has 0 amide bonds. The average molecular weight is 716 g/mol. The summed E-state index contributed by atoms with van der Waals surface area (Å²) in [6.07, 6.45) is 0. The van der Waals surface area contributed by atoms with Gasteiger partial charge in [0, 0.05) is 27.1 Å². The third kappa shape index (κ3) is 5.29. The predicted molar refractivity (Wildman–Crippen MR) is 230 cm³/mol. The summed E-state index contributed by atoms with van der Waals surface area (Å²) in [6.45, 7) is 0. The van der Waals surface area contributed by atoms with E-state index in [0.29, 0.717) is 17.7 Å². The first-order chi connectivity index (χ1) is 27.8. The molecule has 5 nitrogen and oxygen atoms in total. The van der Waals surface area contributed by atoms with Crippen molar-refractivity contribution >= 4 is 43.6 Å². The Morgan fingerprint density at radius 2 is 0.571 bits per heavy atom. The van der Waals surface area contributed by atoms with Gasteiger partial charge < -0.3 is 0 Å². The van der Waals surface area contributed by atoms with Crippen LogP contribution in [0.5, 0.6) is 0 Å². The lowest BCUT2D eigenvalue weighted by Crippen LogP contribution is -2.10. The number of rotatable bonds is 6. The molecule has 0 N–H and O–H groups in total. The van der Waals surface area contributed by atoms with E-state index in [-0.39, 0.29) is 0 Å². The molecular formula is C51H33N5. The average Bonchev–Trinajstić information content (AvgIpc) is 3.80. The third-order valence-electron chi connectivity index (χ3n) is 10.8. The van der Waals surface area contributed by atoms with E-state index in [1.54, 1.807) is 0 Å². The lowest BCUT2D eigenvalue weighted by molar-refractivity contribution is 0.893. The van der Waals surface area contributed by atoms with E-state index in [1.807, 2.05) is 6.07 Å². The zero-order chi connectivity index (χ0) is 37.0. The van der Waals surface area contributed by atoms with E-state index in [1.165, 1.54) is 22.3 Å². The predicted octanol–water partition coefficient (Wildman–Crippen LogP) is 12.7. The maximum absolute atomic E-state index is 5.29. The zero-order valence-electron chi connectivity index (χ0n) is 30.3. The summed E-state index contributed by atoms with van der Waals surface area (Å²) in [5.74, 6) is 1.74. The molecule has 11 aromatic rings. The number of hydrogen-bond donors (Lipinski definition) is 0. The van der Waals surface area contributed by atoms with Crippen molar-refractivity contribution in [3.8, 4) is 56.7 Å². The molecule has 5 heteroatoms. The van der Waals surface area contributed by atoms with Crippen molar-refractivity contribution in [1.29, 1.82) is 0 Å². The molecule has 0 atom stereocenters. The molecule has 0 aliphatic rings. The molecule has 3 heterocycles. The van der Waals surface area contributed by atoms with Gasteiger partial charge in [-0.3, -0.25) is 9.13 Å². The van der Waals surface area contributed by atoms with Crippen LogP contribution in [0.4, 0.5) is 0 Å². The number of aromatic nitrogens is 5. The Hall–Kier alpha value is -7.63. The standard InChI is InChI=1S/C51H33N5/c1-2-13-34(14-3-1)35-25-27-36(28-26-35)37-29-31-38(32-30-37)39-15-12-16-40(33-39)49-52-50(55-45-21-8-4-17-41(45)42-18-5-9-22-46(42)55)54-51(53-49)56-47-23-10-6-19-43(47)44-20-7-11-24-48(44)56/h1-33H. The quantitative estimate of drug-likeness (QED) is 0.172. The van der Waals surface area contributed by atoms with Gasteiger partial charge in [0.25, 0.3) is 0 Å². The van der Waals surface area contributed by atoms with E-state index >= 15 is 0 Å². The maximum atomic E-state index is 5.29. The van der Waals surface area contributed by atoms with Crippen molar-refractivity contribution < 1.29 is 0 Å². The minimum atomic E-state index is 0.567. The number of fused-ring (bicyclic) bond motifs is 6. The Bertz CT molecular complexity index is 2990. The van der Waals surface area contributed by atoms with Gasteiger partial charge in [-0.2, -0.15) is 15.0 Å². The summed E-state index contributed by atoms with van der Waals surface area (Å²) in [4.78, 5) is 15.8. The summed E-state index contributed by atoms with van der Waals surface area (Å²) in [5.41, 5.74) is 12.1. The molecule has 0 fully saturated rings. The van der Waals surface area contributed by atoms with Gasteiger partial charge in [0.2, 0.25) is 11.9 Å². The Labute approximate surface area is 323 Å². The second-order valence-corrected chi connectivity index (χ2v) is 14.1. The normalized spacial score (nSPS) is 11.6. The van der Waals surface area contributed by atoms with Crippen LogP contribution in [-0.4, -0.2) is 24.1 Å². The van der Waals surface area contributed by atoms with Gasteiger partial charge in [-0.15, -0.1) is 0 Å². The molecule has 0 aliphatic heterocycles. The minimum Gasteiger partial charge on any atom is -0.278 e. The molecule has 0 aliphatic carbocycles. The van der Waals surface area contributed by atoms with Gasteiger partial charge in [-0.05, 0) is 63.7 Å². The molecule has 3 aromatic heterocycles. The monoisotopic (exact) mass is 715 g/mol. The minimum absolute atomic E-state index is 0.567. The highest BCUT2D eigenvalue weighted by atomic mass is 15.3. The fourth-order valence-electron chi connectivity index (χ4n) is 8.14. The molecule has 262 valence electrons. The molecule has 8 aromatic carbocycles. The van der Waals surface area contributed by atoms with Crippen molar-refractivity contribution in [2.75, 3.05) is 0 Å². The highest BCUT2D eigenvalue weighted by Crippen LogP contribution is 2.35. The first-order valence-electron chi connectivity index (χ1n) is 18.9. The van der Waals surface area contributed by atoms with Gasteiger partial charge in [-0.25, -0.2) is 0 Å². The summed E-state index contributed by atoms with van der Waals surface area (Å²) < 4.78 is 4.34. The topological polar surface area (TPSA) is 48.5 Å². The summed E-state index contributed by atoms with van der Waals surface area (Å²) >= 11 is 0. The Morgan fingerprint density at radius 3 is 1.00 bits per heavy atom. The molecular weight excluding hydrogens is 683 g/mol.